The molecule has 0 aliphatic carbocycles. The maximum absolute atomic E-state index is 6.09. The van der Waals surface area contributed by atoms with Crippen LogP contribution in [0.1, 0.15) is 0 Å². The minimum Gasteiger partial charge on any atom is -0.398 e. The van der Waals surface area contributed by atoms with E-state index in [0.29, 0.717) is 0 Å². The van der Waals surface area contributed by atoms with Crippen LogP contribution in [0.25, 0.3) is 0 Å². The summed E-state index contributed by atoms with van der Waals surface area (Å²) in [4.78, 5) is 2.01. The fourth-order valence-electron chi connectivity index (χ4n) is 1.24. The normalized spacial score (nSPS) is 10.4. The van der Waals surface area contributed by atoms with Crippen molar-refractivity contribution in [2.75, 3.05) is 5.73 Å². The van der Waals surface area contributed by atoms with E-state index in [1.165, 1.54) is 0 Å². The van der Waals surface area contributed by atoms with Gasteiger partial charge in [-0.3, -0.25) is 0 Å². The first-order valence-corrected chi connectivity index (χ1v) is 6.63. The third-order valence-electron chi connectivity index (χ3n) is 2.03. The molecule has 82 valence electrons. The summed E-state index contributed by atoms with van der Waals surface area (Å²) in [6.45, 7) is 0. The maximum Gasteiger partial charge on any atom is 0.0545 e. The third-order valence-corrected chi connectivity index (χ3v) is 4.12. The molecule has 0 saturated heterocycles. The van der Waals surface area contributed by atoms with Gasteiger partial charge in [0, 0.05) is 20.0 Å². The predicted molar refractivity (Wildman–Crippen MR) is 74.1 cm³/mol. The van der Waals surface area contributed by atoms with Gasteiger partial charge in [-0.2, -0.15) is 0 Å². The lowest BCUT2D eigenvalue weighted by Gasteiger charge is -2.07. The molecule has 16 heavy (non-hydrogen) atoms. The Morgan fingerprint density at radius 3 is 2.56 bits per heavy atom. The van der Waals surface area contributed by atoms with Crippen molar-refractivity contribution in [3.63, 3.8) is 0 Å². The van der Waals surface area contributed by atoms with Gasteiger partial charge in [0.2, 0.25) is 0 Å². The Morgan fingerprint density at radius 2 is 1.81 bits per heavy atom. The zero-order valence-electron chi connectivity index (χ0n) is 8.28. The summed E-state index contributed by atoms with van der Waals surface area (Å²) < 4.78 is 1.01. The zero-order chi connectivity index (χ0) is 11.5. The van der Waals surface area contributed by atoms with Gasteiger partial charge in [0.15, 0.2) is 0 Å². The van der Waals surface area contributed by atoms with Gasteiger partial charge in [0.1, 0.15) is 0 Å². The van der Waals surface area contributed by atoms with Gasteiger partial charge in [0.05, 0.1) is 5.02 Å². The van der Waals surface area contributed by atoms with Crippen LogP contribution in [0.15, 0.2) is 56.7 Å². The van der Waals surface area contributed by atoms with Crippen molar-refractivity contribution in [3.8, 4) is 0 Å². The predicted octanol–water partition coefficient (Wildman–Crippen LogP) is 4.84. The number of halogens is 2. The summed E-state index contributed by atoms with van der Waals surface area (Å²) in [6.07, 6.45) is 0. The summed E-state index contributed by atoms with van der Waals surface area (Å²) in [5.74, 6) is 0. The Morgan fingerprint density at radius 1 is 1.06 bits per heavy atom. The largest absolute Gasteiger partial charge is 0.398 e. The molecule has 2 N–H and O–H groups in total. The average Bonchev–Trinajstić information content (AvgIpc) is 2.27. The van der Waals surface area contributed by atoms with Crippen LogP contribution in [0.5, 0.6) is 0 Å². The molecule has 0 amide bonds. The van der Waals surface area contributed by atoms with Crippen LogP contribution in [0.4, 0.5) is 5.69 Å². The summed E-state index contributed by atoms with van der Waals surface area (Å²) >= 11 is 11.1. The maximum atomic E-state index is 6.09. The van der Waals surface area contributed by atoms with Crippen LogP contribution in [-0.4, -0.2) is 0 Å². The molecule has 0 spiro atoms. The Hall–Kier alpha value is -0.640. The van der Waals surface area contributed by atoms with Gasteiger partial charge in [-0.15, -0.1) is 0 Å². The van der Waals surface area contributed by atoms with Gasteiger partial charge in [-0.1, -0.05) is 51.4 Å². The van der Waals surface area contributed by atoms with E-state index >= 15 is 0 Å². The van der Waals surface area contributed by atoms with Gasteiger partial charge in [-0.05, 0) is 30.3 Å². The number of hydrogen-bond acceptors (Lipinski definition) is 2. The van der Waals surface area contributed by atoms with E-state index in [-0.39, 0.29) is 0 Å². The van der Waals surface area contributed by atoms with Crippen molar-refractivity contribution in [1.82, 2.24) is 0 Å². The van der Waals surface area contributed by atoms with E-state index in [1.807, 2.05) is 42.5 Å². The van der Waals surface area contributed by atoms with Crippen LogP contribution in [0.3, 0.4) is 0 Å². The molecule has 2 aromatic carbocycles. The number of rotatable bonds is 2. The Bertz CT molecular complexity index is 516. The summed E-state index contributed by atoms with van der Waals surface area (Å²) in [5, 5.41) is 0.742. The number of benzene rings is 2. The van der Waals surface area contributed by atoms with Crippen molar-refractivity contribution in [1.29, 1.82) is 0 Å². The third kappa shape index (κ3) is 2.73. The molecular formula is C12H9BrClNS. The lowest BCUT2D eigenvalue weighted by atomic mass is 10.3. The van der Waals surface area contributed by atoms with Gasteiger partial charge in [0.25, 0.3) is 0 Å². The molecule has 0 bridgehead atoms. The Kier molecular flexibility index (Phi) is 3.79. The topological polar surface area (TPSA) is 26.0 Å². The van der Waals surface area contributed by atoms with E-state index in [1.54, 1.807) is 11.8 Å². The van der Waals surface area contributed by atoms with Gasteiger partial charge < -0.3 is 5.73 Å². The lowest BCUT2D eigenvalue weighted by Crippen LogP contribution is -1.88. The molecular weight excluding hydrogens is 306 g/mol. The summed E-state index contributed by atoms with van der Waals surface area (Å²) in [6, 6.07) is 13.5. The Labute approximate surface area is 112 Å². The second-order valence-electron chi connectivity index (χ2n) is 3.21. The minimum absolute atomic E-state index is 0.742. The lowest BCUT2D eigenvalue weighted by molar-refractivity contribution is 1.39. The molecule has 0 heterocycles. The van der Waals surface area contributed by atoms with Crippen molar-refractivity contribution < 1.29 is 0 Å². The molecule has 0 aliphatic heterocycles. The number of anilines is 1. The van der Waals surface area contributed by atoms with Gasteiger partial charge in [-0.25, -0.2) is 0 Å². The van der Waals surface area contributed by atoms with E-state index in [2.05, 4.69) is 15.9 Å². The van der Waals surface area contributed by atoms with Crippen LogP contribution in [0, 0.1) is 0 Å². The SMILES string of the molecule is Nc1ccc(Br)cc1Sc1ccccc1Cl. The standard InChI is InChI=1S/C12H9BrClNS/c13-8-5-6-10(15)12(7-8)16-11-4-2-1-3-9(11)14/h1-7H,15H2. The number of nitrogen functional groups attached to an aromatic ring is 1. The quantitative estimate of drug-likeness (QED) is 0.803. The molecule has 2 aromatic rings. The monoisotopic (exact) mass is 313 g/mol. The minimum atomic E-state index is 0.742. The highest BCUT2D eigenvalue weighted by atomic mass is 79.9. The van der Waals surface area contributed by atoms with Crippen molar-refractivity contribution in [2.24, 2.45) is 0 Å². The molecule has 0 atom stereocenters. The Balaban J connectivity index is 2.34. The van der Waals surface area contributed by atoms with Crippen molar-refractivity contribution >= 4 is 45.0 Å². The second kappa shape index (κ2) is 5.13. The van der Waals surface area contributed by atoms with E-state index in [9.17, 15) is 0 Å². The molecule has 0 aromatic heterocycles. The molecule has 0 unspecified atom stereocenters. The highest BCUT2D eigenvalue weighted by Crippen LogP contribution is 2.37. The molecule has 0 radical (unpaired) electrons. The van der Waals surface area contributed by atoms with Crippen LogP contribution in [-0.2, 0) is 0 Å². The number of hydrogen-bond donors (Lipinski definition) is 1. The van der Waals surface area contributed by atoms with Crippen LogP contribution >= 0.6 is 39.3 Å². The van der Waals surface area contributed by atoms with E-state index in [4.69, 9.17) is 17.3 Å². The second-order valence-corrected chi connectivity index (χ2v) is 5.62. The molecule has 0 aliphatic rings. The first-order chi connectivity index (χ1) is 7.66. The summed E-state index contributed by atoms with van der Waals surface area (Å²) in [7, 11) is 0. The fourth-order valence-corrected chi connectivity index (χ4v) is 2.93. The fraction of sp³-hybridized carbons (Fsp3) is 0. The van der Waals surface area contributed by atoms with Gasteiger partial charge >= 0.3 is 0 Å². The smallest absolute Gasteiger partial charge is 0.0545 e. The average molecular weight is 315 g/mol. The van der Waals surface area contributed by atoms with Crippen molar-refractivity contribution in [3.05, 3.63) is 52.0 Å². The van der Waals surface area contributed by atoms with Crippen LogP contribution in [0.2, 0.25) is 5.02 Å². The van der Waals surface area contributed by atoms with Crippen LogP contribution < -0.4 is 5.73 Å². The first kappa shape index (κ1) is 11.8. The molecule has 2 rings (SSSR count). The molecule has 0 fully saturated rings. The molecule has 0 saturated carbocycles. The molecule has 4 heteroatoms. The van der Waals surface area contributed by atoms with E-state index in [0.717, 1.165) is 25.0 Å². The highest BCUT2D eigenvalue weighted by molar-refractivity contribution is 9.10. The van der Waals surface area contributed by atoms with E-state index < -0.39 is 0 Å². The first-order valence-electron chi connectivity index (χ1n) is 4.64. The molecule has 1 nitrogen and oxygen atoms in total. The summed E-state index contributed by atoms with van der Waals surface area (Å²) in [5.41, 5.74) is 6.66. The zero-order valence-corrected chi connectivity index (χ0v) is 11.4. The number of nitrogens with two attached hydrogens (primary N) is 1. The highest BCUT2D eigenvalue weighted by Gasteiger charge is 2.05. The van der Waals surface area contributed by atoms with Crippen molar-refractivity contribution in [2.45, 2.75) is 9.79 Å².